The summed E-state index contributed by atoms with van der Waals surface area (Å²) in [6.45, 7) is 11.8. The van der Waals surface area contributed by atoms with Crippen LogP contribution in [0.5, 0.6) is 0 Å². The maximum absolute atomic E-state index is 12.3. The van der Waals surface area contributed by atoms with E-state index in [9.17, 15) is 9.59 Å². The number of nitrogens with zero attached hydrogens (tertiary/aromatic N) is 1. The molecule has 4 heteroatoms. The second-order valence-electron chi connectivity index (χ2n) is 5.79. The highest BCUT2D eigenvalue weighted by atomic mass is 16.2. The molecular formula is C13H24N2O2. The molecule has 1 rings (SSSR count). The fourth-order valence-corrected chi connectivity index (χ4v) is 2.27. The van der Waals surface area contributed by atoms with Crippen LogP contribution in [0, 0.1) is 5.92 Å². The zero-order valence-electron chi connectivity index (χ0n) is 11.7. The highest BCUT2D eigenvalue weighted by Gasteiger charge is 2.45. The molecule has 0 aromatic heterocycles. The normalized spacial score (nSPS) is 26.4. The maximum Gasteiger partial charge on any atom is 0.245 e. The van der Waals surface area contributed by atoms with Crippen molar-refractivity contribution in [1.82, 2.24) is 10.2 Å². The Morgan fingerprint density at radius 2 is 1.88 bits per heavy atom. The quantitative estimate of drug-likeness (QED) is 0.813. The molecule has 0 radical (unpaired) electrons. The van der Waals surface area contributed by atoms with Crippen molar-refractivity contribution in [2.24, 2.45) is 5.92 Å². The van der Waals surface area contributed by atoms with Crippen LogP contribution in [0.4, 0.5) is 0 Å². The van der Waals surface area contributed by atoms with Crippen LogP contribution >= 0.6 is 0 Å². The number of rotatable bonds is 3. The molecule has 0 bridgehead atoms. The minimum Gasteiger partial charge on any atom is -0.343 e. The lowest BCUT2D eigenvalue weighted by Crippen LogP contribution is -2.68. The first kappa shape index (κ1) is 14.0. The first-order valence-corrected chi connectivity index (χ1v) is 6.36. The molecule has 1 N–H and O–H groups in total. The Balaban J connectivity index is 3.16. The molecule has 2 unspecified atom stereocenters. The molecule has 0 aromatic carbocycles. The third-order valence-corrected chi connectivity index (χ3v) is 3.66. The molecule has 1 aliphatic heterocycles. The molecule has 0 aliphatic carbocycles. The third kappa shape index (κ3) is 2.45. The molecule has 1 heterocycles. The number of amides is 2. The molecule has 1 aliphatic rings. The number of piperazine rings is 1. The average Bonchev–Trinajstić information content (AvgIpc) is 2.22. The highest BCUT2D eigenvalue weighted by molar-refractivity contribution is 5.97. The Morgan fingerprint density at radius 3 is 2.29 bits per heavy atom. The highest BCUT2D eigenvalue weighted by Crippen LogP contribution is 2.28. The Labute approximate surface area is 104 Å². The third-order valence-electron chi connectivity index (χ3n) is 3.66. The monoisotopic (exact) mass is 240 g/mol. The Kier molecular flexibility index (Phi) is 3.84. The van der Waals surface area contributed by atoms with Crippen LogP contribution in [0.3, 0.4) is 0 Å². The fourth-order valence-electron chi connectivity index (χ4n) is 2.27. The first-order valence-electron chi connectivity index (χ1n) is 6.36. The van der Waals surface area contributed by atoms with E-state index in [1.165, 1.54) is 0 Å². The second kappa shape index (κ2) is 4.67. The first-order chi connectivity index (χ1) is 7.72. The summed E-state index contributed by atoms with van der Waals surface area (Å²) in [6, 6.07) is -0.767. The van der Waals surface area contributed by atoms with Gasteiger partial charge in [-0.25, -0.2) is 0 Å². The Morgan fingerprint density at radius 1 is 1.35 bits per heavy atom. The van der Waals surface area contributed by atoms with E-state index in [2.05, 4.69) is 5.32 Å². The van der Waals surface area contributed by atoms with Crippen molar-refractivity contribution in [2.75, 3.05) is 0 Å². The van der Waals surface area contributed by atoms with Crippen molar-refractivity contribution in [3.63, 3.8) is 0 Å². The summed E-state index contributed by atoms with van der Waals surface area (Å²) in [5, 5.41) is 2.76. The van der Waals surface area contributed by atoms with Gasteiger partial charge in [-0.2, -0.15) is 0 Å². The number of carbonyl (C=O) groups excluding carboxylic acids is 2. The summed E-state index contributed by atoms with van der Waals surface area (Å²) in [5.41, 5.74) is -0.280. The van der Waals surface area contributed by atoms with E-state index in [1.54, 1.807) is 11.8 Å². The van der Waals surface area contributed by atoms with Crippen molar-refractivity contribution >= 4 is 11.8 Å². The van der Waals surface area contributed by atoms with Crippen LogP contribution in [-0.4, -0.2) is 34.3 Å². The smallest absolute Gasteiger partial charge is 0.245 e. The molecule has 0 spiro atoms. The Bertz CT molecular complexity index is 323. The van der Waals surface area contributed by atoms with Crippen LogP contribution in [-0.2, 0) is 9.59 Å². The largest absolute Gasteiger partial charge is 0.343 e. The lowest BCUT2D eigenvalue weighted by molar-refractivity contribution is -0.157. The van der Waals surface area contributed by atoms with E-state index >= 15 is 0 Å². The van der Waals surface area contributed by atoms with Crippen LogP contribution in [0.1, 0.15) is 48.0 Å². The van der Waals surface area contributed by atoms with E-state index < -0.39 is 6.04 Å². The maximum atomic E-state index is 12.3. The number of hydrogen-bond acceptors (Lipinski definition) is 2. The average molecular weight is 240 g/mol. The molecule has 1 fully saturated rings. The zero-order chi connectivity index (χ0) is 13.4. The summed E-state index contributed by atoms with van der Waals surface area (Å²) in [7, 11) is 0. The molecule has 98 valence electrons. The van der Waals surface area contributed by atoms with Crippen molar-refractivity contribution in [2.45, 2.75) is 65.6 Å². The van der Waals surface area contributed by atoms with Gasteiger partial charge in [0, 0.05) is 5.54 Å². The predicted molar refractivity (Wildman–Crippen MR) is 67.4 cm³/mol. The van der Waals surface area contributed by atoms with Gasteiger partial charge < -0.3 is 10.2 Å². The standard InChI is InChI=1S/C13H24N2O2/c1-7-13(5,6)15-10(8(2)3)11(16)14-9(4)12(15)17/h8-10H,7H2,1-6H3,(H,14,16). The summed E-state index contributed by atoms with van der Waals surface area (Å²) in [4.78, 5) is 26.1. The van der Waals surface area contributed by atoms with Gasteiger partial charge in [-0.1, -0.05) is 20.8 Å². The van der Waals surface area contributed by atoms with Crippen LogP contribution in [0.2, 0.25) is 0 Å². The molecule has 2 atom stereocenters. The van der Waals surface area contributed by atoms with Crippen molar-refractivity contribution in [3.05, 3.63) is 0 Å². The van der Waals surface area contributed by atoms with E-state index in [4.69, 9.17) is 0 Å². The van der Waals surface area contributed by atoms with Gasteiger partial charge >= 0.3 is 0 Å². The predicted octanol–water partition coefficient (Wildman–Crippen LogP) is 1.55. The molecule has 0 saturated carbocycles. The SMILES string of the molecule is CCC(C)(C)N1C(=O)C(C)NC(=O)C1C(C)C. The van der Waals surface area contributed by atoms with Crippen molar-refractivity contribution in [3.8, 4) is 0 Å². The molecule has 17 heavy (non-hydrogen) atoms. The van der Waals surface area contributed by atoms with Gasteiger partial charge in [0.25, 0.3) is 0 Å². The van der Waals surface area contributed by atoms with Crippen LogP contribution < -0.4 is 5.32 Å². The molecule has 1 saturated heterocycles. The minimum atomic E-state index is -0.414. The lowest BCUT2D eigenvalue weighted by atomic mass is 9.89. The summed E-state index contributed by atoms with van der Waals surface area (Å²) in [6.07, 6.45) is 0.835. The molecule has 2 amide bonds. The van der Waals surface area contributed by atoms with E-state index in [0.717, 1.165) is 6.42 Å². The minimum absolute atomic E-state index is 0.0233. The molecule has 4 nitrogen and oxygen atoms in total. The van der Waals surface area contributed by atoms with E-state index in [-0.39, 0.29) is 29.3 Å². The number of hydrogen-bond donors (Lipinski definition) is 1. The molecular weight excluding hydrogens is 216 g/mol. The van der Waals surface area contributed by atoms with Crippen LogP contribution in [0.25, 0.3) is 0 Å². The van der Waals surface area contributed by atoms with Gasteiger partial charge in [0.15, 0.2) is 0 Å². The van der Waals surface area contributed by atoms with Crippen molar-refractivity contribution in [1.29, 1.82) is 0 Å². The van der Waals surface area contributed by atoms with Gasteiger partial charge in [-0.3, -0.25) is 9.59 Å². The number of carbonyl (C=O) groups is 2. The van der Waals surface area contributed by atoms with Gasteiger partial charge in [0.05, 0.1) is 0 Å². The fraction of sp³-hybridized carbons (Fsp3) is 0.846. The van der Waals surface area contributed by atoms with E-state index in [1.807, 2.05) is 34.6 Å². The van der Waals surface area contributed by atoms with Gasteiger partial charge in [-0.05, 0) is 33.1 Å². The van der Waals surface area contributed by atoms with Crippen molar-refractivity contribution < 1.29 is 9.59 Å². The molecule has 0 aromatic rings. The zero-order valence-corrected chi connectivity index (χ0v) is 11.7. The van der Waals surface area contributed by atoms with Crippen LogP contribution in [0.15, 0.2) is 0 Å². The Hall–Kier alpha value is -1.06. The summed E-state index contributed by atoms with van der Waals surface area (Å²) >= 11 is 0. The lowest BCUT2D eigenvalue weighted by Gasteiger charge is -2.48. The topological polar surface area (TPSA) is 49.4 Å². The number of nitrogens with one attached hydrogen (secondary N) is 1. The second-order valence-corrected chi connectivity index (χ2v) is 5.79. The van der Waals surface area contributed by atoms with Gasteiger partial charge in [-0.15, -0.1) is 0 Å². The van der Waals surface area contributed by atoms with Gasteiger partial charge in [0.1, 0.15) is 12.1 Å². The van der Waals surface area contributed by atoms with E-state index in [0.29, 0.717) is 0 Å². The van der Waals surface area contributed by atoms with Gasteiger partial charge in [0.2, 0.25) is 11.8 Å². The summed E-state index contributed by atoms with van der Waals surface area (Å²) in [5.74, 6) is 0.112. The summed E-state index contributed by atoms with van der Waals surface area (Å²) < 4.78 is 0.